The number of nitrogens with zero attached hydrogens (tertiary/aromatic N) is 1. The lowest BCUT2D eigenvalue weighted by Crippen LogP contribution is -2.33. The zero-order valence-corrected chi connectivity index (χ0v) is 17.1. The van der Waals surface area contributed by atoms with E-state index in [1.807, 2.05) is 43.3 Å². The zero-order valence-electron chi connectivity index (χ0n) is 14.7. The van der Waals surface area contributed by atoms with Crippen molar-refractivity contribution in [3.63, 3.8) is 0 Å². The number of aromatic nitrogens is 1. The average Bonchev–Trinajstić information content (AvgIpc) is 3.09. The Morgan fingerprint density at radius 2 is 1.85 bits per heavy atom. The summed E-state index contributed by atoms with van der Waals surface area (Å²) in [4.78, 5) is 29.5. The van der Waals surface area contributed by atoms with Crippen LogP contribution in [0.2, 0.25) is 0 Å². The second kappa shape index (κ2) is 8.92. The number of carbonyl (C=O) groups is 2. The summed E-state index contributed by atoms with van der Waals surface area (Å²) >= 11 is 4.84. The molecule has 0 atom stereocenters. The number of thiazole rings is 1. The van der Waals surface area contributed by atoms with Crippen LogP contribution >= 0.6 is 27.3 Å². The van der Waals surface area contributed by atoms with Crippen LogP contribution in [0, 0.1) is 6.92 Å². The third-order valence-electron chi connectivity index (χ3n) is 3.89. The SMILES string of the molecule is Cc1ccccc1C(=O)NCC(=O)Nc1ncc(Cc2ccc(Br)cc2)s1. The highest BCUT2D eigenvalue weighted by Crippen LogP contribution is 2.22. The molecule has 0 bridgehead atoms. The van der Waals surface area contributed by atoms with Crippen molar-refractivity contribution in [2.75, 3.05) is 11.9 Å². The van der Waals surface area contributed by atoms with Crippen LogP contribution < -0.4 is 10.6 Å². The minimum Gasteiger partial charge on any atom is -0.343 e. The molecule has 0 aliphatic carbocycles. The second-order valence-electron chi connectivity index (χ2n) is 5.98. The molecule has 3 rings (SSSR count). The number of halogens is 1. The molecule has 0 aliphatic heterocycles. The first-order valence-corrected chi connectivity index (χ1v) is 9.95. The molecule has 0 fully saturated rings. The molecule has 0 saturated heterocycles. The molecule has 2 amide bonds. The van der Waals surface area contributed by atoms with Crippen LogP contribution in [0.3, 0.4) is 0 Å². The minimum absolute atomic E-state index is 0.102. The molecule has 2 N–H and O–H groups in total. The lowest BCUT2D eigenvalue weighted by molar-refractivity contribution is -0.115. The summed E-state index contributed by atoms with van der Waals surface area (Å²) in [5.74, 6) is -0.570. The molecule has 0 saturated carbocycles. The molecule has 0 unspecified atom stereocenters. The molecule has 0 radical (unpaired) electrons. The summed E-state index contributed by atoms with van der Waals surface area (Å²) < 4.78 is 1.04. The van der Waals surface area contributed by atoms with E-state index in [9.17, 15) is 9.59 Å². The Labute approximate surface area is 170 Å². The summed E-state index contributed by atoms with van der Waals surface area (Å²) in [6.07, 6.45) is 2.51. The molecule has 3 aromatic rings. The van der Waals surface area contributed by atoms with Gasteiger partial charge >= 0.3 is 0 Å². The number of hydrogen-bond acceptors (Lipinski definition) is 4. The van der Waals surface area contributed by atoms with Gasteiger partial charge in [0.25, 0.3) is 5.91 Å². The quantitative estimate of drug-likeness (QED) is 0.600. The third-order valence-corrected chi connectivity index (χ3v) is 5.33. The number of amides is 2. The van der Waals surface area contributed by atoms with Crippen molar-refractivity contribution in [3.05, 3.63) is 80.8 Å². The third kappa shape index (κ3) is 5.48. The molecule has 5 nitrogen and oxygen atoms in total. The van der Waals surface area contributed by atoms with Crippen molar-refractivity contribution < 1.29 is 9.59 Å². The van der Waals surface area contributed by atoms with Crippen LogP contribution in [0.4, 0.5) is 5.13 Å². The summed E-state index contributed by atoms with van der Waals surface area (Å²) in [6, 6.07) is 15.3. The smallest absolute Gasteiger partial charge is 0.251 e. The van der Waals surface area contributed by atoms with Crippen LogP contribution in [0.25, 0.3) is 0 Å². The minimum atomic E-state index is -0.304. The molecule has 2 aromatic carbocycles. The van der Waals surface area contributed by atoms with Gasteiger partial charge in [0.15, 0.2) is 5.13 Å². The van der Waals surface area contributed by atoms with Crippen LogP contribution in [-0.2, 0) is 11.2 Å². The molecule has 1 aromatic heterocycles. The molecular formula is C20H18BrN3O2S. The highest BCUT2D eigenvalue weighted by molar-refractivity contribution is 9.10. The lowest BCUT2D eigenvalue weighted by Gasteiger charge is -2.07. The maximum atomic E-state index is 12.1. The van der Waals surface area contributed by atoms with E-state index in [0.29, 0.717) is 10.7 Å². The predicted molar refractivity (Wildman–Crippen MR) is 111 cm³/mol. The Balaban J connectivity index is 1.51. The molecule has 7 heteroatoms. The number of hydrogen-bond donors (Lipinski definition) is 2. The number of aryl methyl sites for hydroxylation is 1. The van der Waals surface area contributed by atoms with Crippen molar-refractivity contribution in [1.82, 2.24) is 10.3 Å². The Morgan fingerprint density at radius 1 is 1.11 bits per heavy atom. The molecular weight excluding hydrogens is 426 g/mol. The maximum Gasteiger partial charge on any atom is 0.251 e. The van der Waals surface area contributed by atoms with E-state index in [4.69, 9.17) is 0 Å². The first-order valence-electron chi connectivity index (χ1n) is 8.34. The van der Waals surface area contributed by atoms with Gasteiger partial charge in [-0.3, -0.25) is 9.59 Å². The van der Waals surface area contributed by atoms with Crippen molar-refractivity contribution in [1.29, 1.82) is 0 Å². The fraction of sp³-hybridized carbons (Fsp3) is 0.150. The standard InChI is InChI=1S/C20H18BrN3O2S/c1-13-4-2-3-5-17(13)19(26)22-12-18(25)24-20-23-11-16(27-20)10-14-6-8-15(21)9-7-14/h2-9,11H,10,12H2,1H3,(H,22,26)(H,23,24,25). The van der Waals surface area contributed by atoms with Crippen LogP contribution in [0.15, 0.2) is 59.2 Å². The monoisotopic (exact) mass is 443 g/mol. The highest BCUT2D eigenvalue weighted by Gasteiger charge is 2.11. The van der Waals surface area contributed by atoms with E-state index >= 15 is 0 Å². The van der Waals surface area contributed by atoms with E-state index in [1.54, 1.807) is 18.3 Å². The Bertz CT molecular complexity index is 954. The van der Waals surface area contributed by atoms with Crippen LogP contribution in [0.5, 0.6) is 0 Å². The van der Waals surface area contributed by atoms with E-state index in [2.05, 4.69) is 31.5 Å². The summed E-state index contributed by atoms with van der Waals surface area (Å²) in [5.41, 5.74) is 2.61. The summed E-state index contributed by atoms with van der Waals surface area (Å²) in [5, 5.41) is 5.88. The first kappa shape index (κ1) is 19.3. The first-order chi connectivity index (χ1) is 13.0. The fourth-order valence-corrected chi connectivity index (χ4v) is 3.62. The van der Waals surface area contributed by atoms with Gasteiger partial charge in [0.05, 0.1) is 6.54 Å². The molecule has 0 spiro atoms. The molecule has 138 valence electrons. The van der Waals surface area contributed by atoms with E-state index in [0.717, 1.165) is 21.3 Å². The zero-order chi connectivity index (χ0) is 19.2. The number of rotatable bonds is 6. The van der Waals surface area contributed by atoms with Gasteiger partial charge in [-0.2, -0.15) is 0 Å². The highest BCUT2D eigenvalue weighted by atomic mass is 79.9. The van der Waals surface area contributed by atoms with Gasteiger partial charge in [-0.05, 0) is 36.2 Å². The maximum absolute atomic E-state index is 12.1. The number of benzene rings is 2. The average molecular weight is 444 g/mol. The van der Waals surface area contributed by atoms with Gasteiger partial charge in [-0.1, -0.05) is 46.3 Å². The van der Waals surface area contributed by atoms with Crippen molar-refractivity contribution in [2.45, 2.75) is 13.3 Å². The Morgan fingerprint density at radius 3 is 2.59 bits per heavy atom. The van der Waals surface area contributed by atoms with E-state index in [-0.39, 0.29) is 18.4 Å². The normalized spacial score (nSPS) is 10.4. The largest absolute Gasteiger partial charge is 0.343 e. The lowest BCUT2D eigenvalue weighted by atomic mass is 10.1. The van der Waals surface area contributed by atoms with Gasteiger partial charge in [0.2, 0.25) is 5.91 Å². The van der Waals surface area contributed by atoms with Crippen LogP contribution in [-0.4, -0.2) is 23.3 Å². The van der Waals surface area contributed by atoms with E-state index in [1.165, 1.54) is 16.9 Å². The second-order valence-corrected chi connectivity index (χ2v) is 8.01. The van der Waals surface area contributed by atoms with Gasteiger partial charge in [-0.25, -0.2) is 4.98 Å². The Kier molecular flexibility index (Phi) is 6.36. The van der Waals surface area contributed by atoms with Crippen molar-refractivity contribution in [3.8, 4) is 0 Å². The molecule has 1 heterocycles. The molecule has 0 aliphatic rings. The Hall–Kier alpha value is -2.51. The molecule has 27 heavy (non-hydrogen) atoms. The van der Waals surface area contributed by atoms with Gasteiger partial charge in [0.1, 0.15) is 0 Å². The number of carbonyl (C=O) groups excluding carboxylic acids is 2. The predicted octanol–water partition coefficient (Wildman–Crippen LogP) is 4.17. The summed E-state index contributed by atoms with van der Waals surface area (Å²) in [7, 11) is 0. The number of nitrogens with one attached hydrogen (secondary N) is 2. The fourth-order valence-electron chi connectivity index (χ4n) is 2.50. The van der Waals surface area contributed by atoms with Gasteiger partial charge in [-0.15, -0.1) is 11.3 Å². The van der Waals surface area contributed by atoms with Gasteiger partial charge in [0, 0.05) is 27.5 Å². The summed E-state index contributed by atoms with van der Waals surface area (Å²) in [6.45, 7) is 1.76. The topological polar surface area (TPSA) is 71.1 Å². The number of anilines is 1. The van der Waals surface area contributed by atoms with Crippen molar-refractivity contribution >= 4 is 44.2 Å². The van der Waals surface area contributed by atoms with Crippen LogP contribution in [0.1, 0.15) is 26.4 Å². The van der Waals surface area contributed by atoms with E-state index < -0.39 is 0 Å². The van der Waals surface area contributed by atoms with Crippen molar-refractivity contribution in [2.24, 2.45) is 0 Å². The van der Waals surface area contributed by atoms with Gasteiger partial charge < -0.3 is 10.6 Å².